The van der Waals surface area contributed by atoms with Gasteiger partial charge < -0.3 is 15.0 Å². The van der Waals surface area contributed by atoms with Crippen LogP contribution in [0.2, 0.25) is 0 Å². The van der Waals surface area contributed by atoms with E-state index in [0.717, 1.165) is 32.8 Å². The van der Waals surface area contributed by atoms with Gasteiger partial charge in [0.15, 0.2) is 0 Å². The van der Waals surface area contributed by atoms with Crippen LogP contribution in [-0.2, 0) is 9.53 Å². The summed E-state index contributed by atoms with van der Waals surface area (Å²) in [4.78, 5) is 36.7. The highest BCUT2D eigenvalue weighted by Gasteiger charge is 2.95. The van der Waals surface area contributed by atoms with Crippen molar-refractivity contribution in [2.24, 2.45) is 0 Å². The molecule has 0 atom stereocenters. The van der Waals surface area contributed by atoms with Crippen molar-refractivity contribution < 1.29 is 89.4 Å². The predicted octanol–water partition coefficient (Wildman–Crippen LogP) is 7.15. The number of hydrogen-bond donors (Lipinski definition) is 1. The molecule has 254 valence electrons. The zero-order chi connectivity index (χ0) is 35.4. The number of thiophene rings is 1. The summed E-state index contributed by atoms with van der Waals surface area (Å²) in [5.74, 6) is -64.5. The van der Waals surface area contributed by atoms with Crippen molar-refractivity contribution in [3.8, 4) is 0 Å². The SMILES string of the molecule is CCOC(=O)c1c(NC(=O)C(F)(F)C(F)(F)C(F)(F)C(F)(F)C(F)(F)C(F)(F)C(F)(F)C(F)(F)Cl)sc(C(=O)N(C)C)c1C. The maximum Gasteiger partial charge on any atom is 0.393 e. The molecule has 1 rings (SSSR count). The number of amides is 2. The molecule has 0 spiro atoms. The van der Waals surface area contributed by atoms with Crippen molar-refractivity contribution >= 4 is 45.7 Å². The molecule has 6 nitrogen and oxygen atoms in total. The molecule has 44 heavy (non-hydrogen) atoms. The smallest absolute Gasteiger partial charge is 0.393 e. The second kappa shape index (κ2) is 11.6. The fourth-order valence-corrected chi connectivity index (χ4v) is 4.28. The molecule has 0 aliphatic heterocycles. The number of anilines is 1. The standard InChI is InChI=1S/C20H15ClF16N2O4S/c1-5-43-11(41)7-6(2)8(10(40)39(3)4)44-9(7)38-12(42)13(22,23)14(24,25)15(26,27)16(28,29)17(30,31)18(32,33)19(34,35)20(21,36)37/h5H2,1-4H3,(H,38,42). The molecule has 0 fully saturated rings. The number of nitrogens with zero attached hydrogens (tertiary/aromatic N) is 1. The van der Waals surface area contributed by atoms with E-state index in [1.807, 2.05) is 0 Å². The maximum atomic E-state index is 14.4. The van der Waals surface area contributed by atoms with Crippen LogP contribution in [-0.4, -0.2) is 90.2 Å². The predicted molar refractivity (Wildman–Crippen MR) is 117 cm³/mol. The highest BCUT2D eigenvalue weighted by Crippen LogP contribution is 2.64. The third kappa shape index (κ3) is 5.61. The van der Waals surface area contributed by atoms with E-state index < -0.39 is 92.2 Å². The highest BCUT2D eigenvalue weighted by atomic mass is 35.5. The van der Waals surface area contributed by atoms with E-state index in [1.54, 1.807) is 0 Å². The largest absolute Gasteiger partial charge is 0.462 e. The Hall–Kier alpha value is -2.72. The van der Waals surface area contributed by atoms with Gasteiger partial charge in [0.05, 0.1) is 17.0 Å². The first-order chi connectivity index (χ1) is 19.3. The second-order valence-electron chi connectivity index (χ2n) is 8.65. The first-order valence-corrected chi connectivity index (χ1v) is 12.0. The van der Waals surface area contributed by atoms with Crippen LogP contribution in [0.25, 0.3) is 0 Å². The number of hydrogen-bond acceptors (Lipinski definition) is 5. The van der Waals surface area contributed by atoms with E-state index in [2.05, 4.69) is 16.3 Å². The van der Waals surface area contributed by atoms with Gasteiger partial charge in [0, 0.05) is 14.1 Å². The number of esters is 1. The zero-order valence-electron chi connectivity index (χ0n) is 21.6. The van der Waals surface area contributed by atoms with E-state index in [9.17, 15) is 84.6 Å². The number of carbonyl (C=O) groups excluding carboxylic acids is 3. The van der Waals surface area contributed by atoms with Crippen molar-refractivity contribution in [1.82, 2.24) is 4.90 Å². The number of rotatable bonds is 12. The van der Waals surface area contributed by atoms with Gasteiger partial charge in [-0.3, -0.25) is 9.59 Å². The van der Waals surface area contributed by atoms with Crippen LogP contribution in [0.3, 0.4) is 0 Å². The highest BCUT2D eigenvalue weighted by molar-refractivity contribution is 7.18. The fourth-order valence-electron chi connectivity index (χ4n) is 2.95. The third-order valence-corrected chi connectivity index (χ3v) is 6.89. The minimum atomic E-state index is -8.76. The van der Waals surface area contributed by atoms with E-state index >= 15 is 0 Å². The maximum absolute atomic E-state index is 14.4. The Labute approximate surface area is 243 Å². The molecular formula is C20H15ClF16N2O4S. The van der Waals surface area contributed by atoms with Crippen molar-refractivity contribution in [2.75, 3.05) is 26.0 Å². The Balaban J connectivity index is 3.76. The van der Waals surface area contributed by atoms with Gasteiger partial charge in [0.2, 0.25) is 0 Å². The monoisotopic (exact) mass is 718 g/mol. The molecule has 1 aromatic heterocycles. The summed E-state index contributed by atoms with van der Waals surface area (Å²) in [7, 11) is 2.17. The molecule has 2 amide bonds. The van der Waals surface area contributed by atoms with Crippen LogP contribution in [0, 0.1) is 6.92 Å². The van der Waals surface area contributed by atoms with Crippen molar-refractivity contribution in [3.63, 3.8) is 0 Å². The average Bonchev–Trinajstić information content (AvgIpc) is 3.17. The van der Waals surface area contributed by atoms with Crippen molar-refractivity contribution in [2.45, 2.75) is 60.7 Å². The van der Waals surface area contributed by atoms with Gasteiger partial charge in [0.25, 0.3) is 5.91 Å². The number of nitrogens with one attached hydrogen (secondary N) is 1. The van der Waals surface area contributed by atoms with Crippen LogP contribution in [0.1, 0.15) is 32.5 Å². The minimum absolute atomic E-state index is 0.166. The summed E-state index contributed by atoms with van der Waals surface area (Å²) >= 11 is 3.29. The zero-order valence-corrected chi connectivity index (χ0v) is 23.2. The fraction of sp³-hybridized carbons (Fsp3) is 0.650. The number of halogens is 17. The molecule has 0 saturated carbocycles. The summed E-state index contributed by atoms with van der Waals surface area (Å²) in [6, 6.07) is 0. The van der Waals surface area contributed by atoms with Crippen LogP contribution < -0.4 is 5.32 Å². The molecule has 0 saturated heterocycles. The molecule has 0 aliphatic carbocycles. The van der Waals surface area contributed by atoms with Gasteiger partial charge in [-0.2, -0.15) is 70.2 Å². The van der Waals surface area contributed by atoms with Crippen molar-refractivity contribution in [1.29, 1.82) is 0 Å². The van der Waals surface area contributed by atoms with E-state index in [-0.39, 0.29) is 11.3 Å². The molecule has 24 heteroatoms. The molecular weight excluding hydrogens is 704 g/mol. The first-order valence-electron chi connectivity index (χ1n) is 10.8. The normalized spacial score (nSPS) is 14.4. The van der Waals surface area contributed by atoms with Crippen LogP contribution in [0.15, 0.2) is 0 Å². The topological polar surface area (TPSA) is 75.7 Å². The second-order valence-corrected chi connectivity index (χ2v) is 10.1. The van der Waals surface area contributed by atoms with Gasteiger partial charge in [-0.05, 0) is 31.0 Å². The molecule has 1 aromatic rings. The summed E-state index contributed by atoms with van der Waals surface area (Å²) in [5.41, 5.74) is -1.56. The lowest BCUT2D eigenvalue weighted by Gasteiger charge is -2.42. The van der Waals surface area contributed by atoms with Crippen LogP contribution >= 0.6 is 22.9 Å². The molecule has 1 N–H and O–H groups in total. The number of ether oxygens (including phenoxy) is 1. The number of alkyl halides is 17. The Bertz CT molecular complexity index is 1290. The lowest BCUT2D eigenvalue weighted by molar-refractivity contribution is -0.445. The first kappa shape index (κ1) is 39.3. The van der Waals surface area contributed by atoms with E-state index in [1.165, 1.54) is 0 Å². The molecule has 1 heterocycles. The van der Waals surface area contributed by atoms with Crippen LogP contribution in [0.5, 0.6) is 0 Å². The quantitative estimate of drug-likeness (QED) is 0.142. The minimum Gasteiger partial charge on any atom is -0.462 e. The lowest BCUT2D eigenvalue weighted by Crippen LogP contribution is -2.75. The van der Waals surface area contributed by atoms with Crippen molar-refractivity contribution in [3.05, 3.63) is 16.0 Å². The Morgan fingerprint density at radius 2 is 1.14 bits per heavy atom. The van der Waals surface area contributed by atoms with E-state index in [4.69, 9.17) is 0 Å². The Kier molecular flexibility index (Phi) is 10.3. The summed E-state index contributed by atoms with van der Waals surface area (Å²) in [6.07, 6.45) is 0. The summed E-state index contributed by atoms with van der Waals surface area (Å²) in [5, 5.41) is -7.57. The third-order valence-electron chi connectivity index (χ3n) is 5.46. The average molecular weight is 719 g/mol. The molecule has 0 radical (unpaired) electrons. The molecule has 0 aromatic carbocycles. The lowest BCUT2D eigenvalue weighted by atomic mass is 9.89. The van der Waals surface area contributed by atoms with Gasteiger partial charge in [-0.1, -0.05) is 0 Å². The van der Waals surface area contributed by atoms with Gasteiger partial charge in [-0.15, -0.1) is 11.3 Å². The molecule has 0 bridgehead atoms. The molecule has 0 aliphatic rings. The summed E-state index contributed by atoms with van der Waals surface area (Å²) in [6.45, 7) is 1.56. The molecule has 0 unspecified atom stereocenters. The number of carbonyl (C=O) groups is 3. The van der Waals surface area contributed by atoms with E-state index in [0.29, 0.717) is 5.32 Å². The Morgan fingerprint density at radius 3 is 1.50 bits per heavy atom. The van der Waals surface area contributed by atoms with Gasteiger partial charge >= 0.3 is 58.7 Å². The summed E-state index contributed by atoms with van der Waals surface area (Å²) < 4.78 is 224. The van der Waals surface area contributed by atoms with Gasteiger partial charge in [0.1, 0.15) is 5.00 Å². The van der Waals surface area contributed by atoms with Crippen LogP contribution in [0.4, 0.5) is 75.2 Å². The Morgan fingerprint density at radius 1 is 0.750 bits per heavy atom. The van der Waals surface area contributed by atoms with Gasteiger partial charge in [-0.25, -0.2) is 4.79 Å².